The Bertz CT molecular complexity index is 876. The highest BCUT2D eigenvalue weighted by molar-refractivity contribution is 5.98. The van der Waals surface area contributed by atoms with Crippen LogP contribution in [0.2, 0.25) is 0 Å². The Hall–Kier alpha value is -2.82. The first kappa shape index (κ1) is 15.7. The fourth-order valence-electron chi connectivity index (χ4n) is 3.86. The summed E-state index contributed by atoms with van der Waals surface area (Å²) in [7, 11) is 0. The molecule has 1 heterocycles. The minimum Gasteiger partial charge on any atom is -0.493 e. The van der Waals surface area contributed by atoms with Gasteiger partial charge in [-0.15, -0.1) is 0 Å². The molecule has 25 heavy (non-hydrogen) atoms. The Labute approximate surface area is 145 Å². The molecule has 4 rings (SSSR count). The van der Waals surface area contributed by atoms with E-state index in [-0.39, 0.29) is 22.8 Å². The standard InChI is InChI=1S/C20H19NO4/c1-12-6-7-13(10-14(12)19(23)24)21-18(22)16-11-20(16)8-9-25-17-5-3-2-4-15(17)20/h2-7,10,16H,8-9,11H2,1H3,(H,21,22)(H,23,24)/t16-,20-/m0/s1. The maximum Gasteiger partial charge on any atom is 0.336 e. The lowest BCUT2D eigenvalue weighted by molar-refractivity contribution is -0.117. The number of amides is 1. The van der Waals surface area contributed by atoms with Gasteiger partial charge in [0.15, 0.2) is 0 Å². The predicted octanol–water partition coefficient (Wildman–Crippen LogP) is 3.37. The molecule has 2 aliphatic rings. The maximum atomic E-state index is 12.7. The van der Waals surface area contributed by atoms with Crippen LogP contribution >= 0.6 is 0 Å². The van der Waals surface area contributed by atoms with E-state index in [1.54, 1.807) is 19.1 Å². The molecular formula is C20H19NO4. The van der Waals surface area contributed by atoms with Gasteiger partial charge in [-0.25, -0.2) is 4.79 Å². The number of hydrogen-bond donors (Lipinski definition) is 2. The lowest BCUT2D eigenvalue weighted by Gasteiger charge is -2.26. The Kier molecular flexibility index (Phi) is 3.53. The number of hydrogen-bond acceptors (Lipinski definition) is 3. The van der Waals surface area contributed by atoms with Crippen molar-refractivity contribution in [1.29, 1.82) is 0 Å². The number of aromatic carboxylic acids is 1. The third-order valence-electron chi connectivity index (χ3n) is 5.36. The largest absolute Gasteiger partial charge is 0.493 e. The number of para-hydroxylation sites is 1. The van der Waals surface area contributed by atoms with E-state index in [1.807, 2.05) is 24.3 Å². The first-order valence-electron chi connectivity index (χ1n) is 8.38. The summed E-state index contributed by atoms with van der Waals surface area (Å²) >= 11 is 0. The van der Waals surface area contributed by atoms with Gasteiger partial charge in [0.05, 0.1) is 12.2 Å². The van der Waals surface area contributed by atoms with Gasteiger partial charge in [0, 0.05) is 22.6 Å². The Morgan fingerprint density at radius 1 is 1.24 bits per heavy atom. The topological polar surface area (TPSA) is 75.6 Å². The van der Waals surface area contributed by atoms with Crippen LogP contribution in [0.25, 0.3) is 0 Å². The average Bonchev–Trinajstić information content (AvgIpc) is 3.32. The lowest BCUT2D eigenvalue weighted by atomic mass is 9.87. The van der Waals surface area contributed by atoms with Crippen LogP contribution in [0.1, 0.15) is 34.3 Å². The number of aryl methyl sites for hydroxylation is 1. The Morgan fingerprint density at radius 3 is 2.84 bits per heavy atom. The zero-order chi connectivity index (χ0) is 17.6. The lowest BCUT2D eigenvalue weighted by Crippen LogP contribution is -2.26. The normalized spacial score (nSPS) is 23.5. The number of benzene rings is 2. The van der Waals surface area contributed by atoms with E-state index in [4.69, 9.17) is 4.74 Å². The molecule has 1 aliphatic heterocycles. The van der Waals surface area contributed by atoms with Crippen LogP contribution in [0, 0.1) is 12.8 Å². The molecule has 0 saturated heterocycles. The molecule has 0 unspecified atom stereocenters. The molecule has 2 atom stereocenters. The van der Waals surface area contributed by atoms with Gasteiger partial charge < -0.3 is 15.2 Å². The van der Waals surface area contributed by atoms with Crippen LogP contribution in [-0.4, -0.2) is 23.6 Å². The van der Waals surface area contributed by atoms with Crippen LogP contribution in [-0.2, 0) is 10.2 Å². The number of carboxylic acids is 1. The highest BCUT2D eigenvalue weighted by atomic mass is 16.5. The van der Waals surface area contributed by atoms with Gasteiger partial charge >= 0.3 is 5.97 Å². The van der Waals surface area contributed by atoms with Crippen LogP contribution in [0.4, 0.5) is 5.69 Å². The van der Waals surface area contributed by atoms with Crippen molar-refractivity contribution in [2.45, 2.75) is 25.2 Å². The zero-order valence-electron chi connectivity index (χ0n) is 13.9. The fraction of sp³-hybridized carbons (Fsp3) is 0.300. The Balaban J connectivity index is 1.55. The monoisotopic (exact) mass is 337 g/mol. The van der Waals surface area contributed by atoms with Crippen molar-refractivity contribution >= 4 is 17.6 Å². The summed E-state index contributed by atoms with van der Waals surface area (Å²) in [6.45, 7) is 2.36. The number of ether oxygens (including phenoxy) is 1. The molecule has 2 N–H and O–H groups in total. The van der Waals surface area contributed by atoms with Crippen molar-refractivity contribution in [2.24, 2.45) is 5.92 Å². The molecule has 1 spiro atoms. The molecule has 1 saturated carbocycles. The number of nitrogens with one attached hydrogen (secondary N) is 1. The second-order valence-electron chi connectivity index (χ2n) is 6.83. The molecule has 1 amide bonds. The van der Waals surface area contributed by atoms with Crippen molar-refractivity contribution in [1.82, 2.24) is 0 Å². The molecule has 1 fully saturated rings. The van der Waals surface area contributed by atoms with Gasteiger partial charge in [0.1, 0.15) is 5.75 Å². The summed E-state index contributed by atoms with van der Waals surface area (Å²) in [5.74, 6) is -0.286. The van der Waals surface area contributed by atoms with Gasteiger partial charge in [-0.2, -0.15) is 0 Å². The maximum absolute atomic E-state index is 12.7. The number of rotatable bonds is 3. The van der Waals surface area contributed by atoms with Gasteiger partial charge in [-0.05, 0) is 43.5 Å². The molecule has 128 valence electrons. The fourth-order valence-corrected chi connectivity index (χ4v) is 3.86. The average molecular weight is 337 g/mol. The molecule has 2 aromatic rings. The third-order valence-corrected chi connectivity index (χ3v) is 5.36. The SMILES string of the molecule is Cc1ccc(NC(=O)[C@@H]2C[C@]23CCOc2ccccc23)cc1C(=O)O. The van der Waals surface area contributed by atoms with Crippen LogP contribution < -0.4 is 10.1 Å². The second kappa shape index (κ2) is 5.62. The first-order valence-corrected chi connectivity index (χ1v) is 8.38. The zero-order valence-corrected chi connectivity index (χ0v) is 13.9. The van der Waals surface area contributed by atoms with E-state index >= 15 is 0 Å². The third kappa shape index (κ3) is 2.56. The number of anilines is 1. The molecular weight excluding hydrogens is 318 g/mol. The van der Waals surface area contributed by atoms with Crippen molar-refractivity contribution < 1.29 is 19.4 Å². The number of fused-ring (bicyclic) bond motifs is 2. The molecule has 1 aliphatic carbocycles. The van der Waals surface area contributed by atoms with Crippen molar-refractivity contribution in [3.63, 3.8) is 0 Å². The molecule has 0 radical (unpaired) electrons. The summed E-state index contributed by atoms with van der Waals surface area (Å²) in [5.41, 5.74) is 2.37. The van der Waals surface area contributed by atoms with Crippen LogP contribution in [0.15, 0.2) is 42.5 Å². The van der Waals surface area contributed by atoms with Gasteiger partial charge in [0.2, 0.25) is 5.91 Å². The summed E-state index contributed by atoms with van der Waals surface area (Å²) in [5, 5.41) is 12.1. The molecule has 0 aromatic heterocycles. The van der Waals surface area contributed by atoms with Gasteiger partial charge in [-0.3, -0.25) is 4.79 Å². The number of carboxylic acid groups (broad SMARTS) is 1. The summed E-state index contributed by atoms with van der Waals surface area (Å²) < 4.78 is 5.70. The molecule has 5 heteroatoms. The van der Waals surface area contributed by atoms with E-state index in [2.05, 4.69) is 5.32 Å². The van der Waals surface area contributed by atoms with E-state index in [0.717, 1.165) is 24.2 Å². The van der Waals surface area contributed by atoms with Crippen molar-refractivity contribution in [3.05, 3.63) is 59.2 Å². The molecule has 2 aromatic carbocycles. The summed E-state index contributed by atoms with van der Waals surface area (Å²) in [4.78, 5) is 24.0. The van der Waals surface area contributed by atoms with E-state index in [9.17, 15) is 14.7 Å². The second-order valence-corrected chi connectivity index (χ2v) is 6.83. The quantitative estimate of drug-likeness (QED) is 0.900. The Morgan fingerprint density at radius 2 is 2.04 bits per heavy atom. The van der Waals surface area contributed by atoms with Gasteiger partial charge in [0.25, 0.3) is 0 Å². The van der Waals surface area contributed by atoms with Crippen molar-refractivity contribution in [3.8, 4) is 5.75 Å². The van der Waals surface area contributed by atoms with E-state index in [1.165, 1.54) is 6.07 Å². The summed E-state index contributed by atoms with van der Waals surface area (Å²) in [6, 6.07) is 12.9. The highest BCUT2D eigenvalue weighted by Gasteiger charge is 2.60. The smallest absolute Gasteiger partial charge is 0.336 e. The van der Waals surface area contributed by atoms with Crippen LogP contribution in [0.5, 0.6) is 5.75 Å². The number of carbonyl (C=O) groups is 2. The van der Waals surface area contributed by atoms with E-state index < -0.39 is 5.97 Å². The van der Waals surface area contributed by atoms with Gasteiger partial charge in [-0.1, -0.05) is 24.3 Å². The minimum absolute atomic E-state index is 0.0584. The van der Waals surface area contributed by atoms with E-state index in [0.29, 0.717) is 17.9 Å². The highest BCUT2D eigenvalue weighted by Crippen LogP contribution is 2.60. The van der Waals surface area contributed by atoms with Crippen molar-refractivity contribution in [2.75, 3.05) is 11.9 Å². The predicted molar refractivity (Wildman–Crippen MR) is 93.1 cm³/mol. The summed E-state index contributed by atoms with van der Waals surface area (Å²) in [6.07, 6.45) is 1.63. The number of carbonyl (C=O) groups excluding carboxylic acids is 1. The van der Waals surface area contributed by atoms with Crippen LogP contribution in [0.3, 0.4) is 0 Å². The first-order chi connectivity index (χ1) is 12.0. The molecule has 5 nitrogen and oxygen atoms in total. The minimum atomic E-state index is -0.991. The molecule has 0 bridgehead atoms.